The minimum absolute atomic E-state index is 0.178. The molecule has 0 radical (unpaired) electrons. The lowest BCUT2D eigenvalue weighted by atomic mass is 9.72. The lowest BCUT2D eigenvalue weighted by Crippen LogP contribution is -2.48. The van der Waals surface area contributed by atoms with Gasteiger partial charge >= 0.3 is 0 Å². The summed E-state index contributed by atoms with van der Waals surface area (Å²) in [6.45, 7) is 1.77. The molecule has 0 saturated carbocycles. The number of nitrogens with zero attached hydrogens (tertiary/aromatic N) is 1. The van der Waals surface area contributed by atoms with Crippen molar-refractivity contribution in [3.63, 3.8) is 0 Å². The molecular formula is C19H21N3O2. The zero-order valence-corrected chi connectivity index (χ0v) is 13.4. The van der Waals surface area contributed by atoms with Gasteiger partial charge in [-0.25, -0.2) is 0 Å². The fourth-order valence-electron chi connectivity index (χ4n) is 4.19. The van der Waals surface area contributed by atoms with Crippen LogP contribution >= 0.6 is 0 Å². The molecule has 2 aromatic rings. The molecule has 5 nitrogen and oxygen atoms in total. The summed E-state index contributed by atoms with van der Waals surface area (Å²) in [6.07, 6.45) is 4.35. The number of benzene rings is 1. The normalized spacial score (nSPS) is 24.5. The van der Waals surface area contributed by atoms with E-state index in [9.17, 15) is 9.90 Å². The first-order valence-corrected chi connectivity index (χ1v) is 8.41. The molecule has 3 N–H and O–H groups in total. The van der Waals surface area contributed by atoms with Gasteiger partial charge in [0.25, 0.3) is 5.91 Å². The molecule has 2 heterocycles. The van der Waals surface area contributed by atoms with E-state index in [2.05, 4.69) is 21.7 Å². The van der Waals surface area contributed by atoms with Crippen molar-refractivity contribution in [3.8, 4) is 0 Å². The Hall–Kier alpha value is -2.24. The Labute approximate surface area is 141 Å². The fraction of sp³-hybridized carbons (Fsp3) is 0.368. The predicted molar refractivity (Wildman–Crippen MR) is 90.7 cm³/mol. The number of aliphatic hydroxyl groups excluding tert-OH is 1. The predicted octanol–water partition coefficient (Wildman–Crippen LogP) is 1.55. The zero-order chi connectivity index (χ0) is 16.6. The number of rotatable bonds is 2. The first-order valence-electron chi connectivity index (χ1n) is 8.41. The number of amides is 1. The lowest BCUT2D eigenvalue weighted by molar-refractivity contribution is 0.0418. The van der Waals surface area contributed by atoms with Crippen LogP contribution < -0.4 is 10.6 Å². The molecule has 0 unspecified atom stereocenters. The standard InChI is InChI=1S/C19H21N3O2/c23-17-16(22-18(24)13-5-9-20-10-6-13)14-3-1-2-4-15(14)19(17)7-11-21-12-8-19/h1-6,9-10,16-17,21,23H,7-8,11-12H2,(H,22,24)/t16-,17+/m1/s1. The van der Waals surface area contributed by atoms with Crippen LogP contribution in [0.5, 0.6) is 0 Å². The Morgan fingerprint density at radius 3 is 2.62 bits per heavy atom. The highest BCUT2D eigenvalue weighted by Crippen LogP contribution is 2.50. The summed E-state index contributed by atoms with van der Waals surface area (Å²) in [7, 11) is 0. The Morgan fingerprint density at radius 1 is 1.17 bits per heavy atom. The summed E-state index contributed by atoms with van der Waals surface area (Å²) in [5, 5.41) is 17.5. The minimum Gasteiger partial charge on any atom is -0.390 e. The van der Waals surface area contributed by atoms with Gasteiger partial charge in [-0.1, -0.05) is 24.3 Å². The van der Waals surface area contributed by atoms with E-state index in [1.165, 1.54) is 5.56 Å². The van der Waals surface area contributed by atoms with Crippen molar-refractivity contribution in [2.24, 2.45) is 0 Å². The smallest absolute Gasteiger partial charge is 0.251 e. The number of hydrogen-bond acceptors (Lipinski definition) is 4. The summed E-state index contributed by atoms with van der Waals surface area (Å²) in [5.41, 5.74) is 2.51. The molecule has 1 saturated heterocycles. The Bertz CT molecular complexity index is 741. The molecule has 1 amide bonds. The van der Waals surface area contributed by atoms with Crippen molar-refractivity contribution in [3.05, 3.63) is 65.5 Å². The van der Waals surface area contributed by atoms with Crippen molar-refractivity contribution in [2.75, 3.05) is 13.1 Å². The number of hydrogen-bond donors (Lipinski definition) is 3. The number of piperidine rings is 1. The molecule has 2 aliphatic rings. The van der Waals surface area contributed by atoms with Gasteiger partial charge < -0.3 is 15.7 Å². The van der Waals surface area contributed by atoms with Crippen molar-refractivity contribution < 1.29 is 9.90 Å². The van der Waals surface area contributed by atoms with E-state index in [1.807, 2.05) is 18.2 Å². The van der Waals surface area contributed by atoms with Gasteiger partial charge in [-0.3, -0.25) is 9.78 Å². The second-order valence-electron chi connectivity index (χ2n) is 6.63. The molecule has 1 aliphatic heterocycles. The van der Waals surface area contributed by atoms with E-state index in [0.29, 0.717) is 5.56 Å². The maximum Gasteiger partial charge on any atom is 0.251 e. The number of carbonyl (C=O) groups excluding carboxylic acids is 1. The summed E-state index contributed by atoms with van der Waals surface area (Å²) in [6, 6.07) is 11.1. The number of aliphatic hydroxyl groups is 1. The van der Waals surface area contributed by atoms with Crippen LogP contribution in [0.15, 0.2) is 48.8 Å². The zero-order valence-electron chi connectivity index (χ0n) is 13.4. The summed E-state index contributed by atoms with van der Waals surface area (Å²) >= 11 is 0. The van der Waals surface area contributed by atoms with Gasteiger partial charge in [0.2, 0.25) is 0 Å². The lowest BCUT2D eigenvalue weighted by Gasteiger charge is -2.38. The monoisotopic (exact) mass is 323 g/mol. The van der Waals surface area contributed by atoms with E-state index in [0.717, 1.165) is 31.5 Å². The van der Waals surface area contributed by atoms with Crippen LogP contribution in [0.4, 0.5) is 0 Å². The maximum atomic E-state index is 12.6. The van der Waals surface area contributed by atoms with Gasteiger partial charge in [0, 0.05) is 23.4 Å². The summed E-state index contributed by atoms with van der Waals surface area (Å²) < 4.78 is 0. The van der Waals surface area contributed by atoms with Crippen LogP contribution in [0.2, 0.25) is 0 Å². The topological polar surface area (TPSA) is 74.2 Å². The average molecular weight is 323 g/mol. The van der Waals surface area contributed by atoms with Gasteiger partial charge in [-0.15, -0.1) is 0 Å². The second kappa shape index (κ2) is 6.00. The van der Waals surface area contributed by atoms with Gasteiger partial charge in [-0.2, -0.15) is 0 Å². The molecular weight excluding hydrogens is 302 g/mol. The number of carbonyl (C=O) groups is 1. The molecule has 4 rings (SSSR count). The Kier molecular flexibility index (Phi) is 3.82. The SMILES string of the molecule is O=C(N[C@@H]1c2ccccc2C2(CCNCC2)[C@H]1O)c1ccncc1. The van der Waals surface area contributed by atoms with Gasteiger partial charge in [0.05, 0.1) is 12.1 Å². The van der Waals surface area contributed by atoms with Crippen LogP contribution in [0, 0.1) is 0 Å². The van der Waals surface area contributed by atoms with Crippen molar-refractivity contribution in [1.82, 2.24) is 15.6 Å². The van der Waals surface area contributed by atoms with Crippen molar-refractivity contribution in [1.29, 1.82) is 0 Å². The maximum absolute atomic E-state index is 12.6. The van der Waals surface area contributed by atoms with Crippen LogP contribution in [0.25, 0.3) is 0 Å². The molecule has 24 heavy (non-hydrogen) atoms. The highest BCUT2D eigenvalue weighted by molar-refractivity contribution is 5.94. The van der Waals surface area contributed by atoms with Crippen LogP contribution in [0.3, 0.4) is 0 Å². The first kappa shape index (κ1) is 15.3. The second-order valence-corrected chi connectivity index (χ2v) is 6.63. The number of fused-ring (bicyclic) bond motifs is 2. The highest BCUT2D eigenvalue weighted by atomic mass is 16.3. The molecule has 0 bridgehead atoms. The van der Waals surface area contributed by atoms with Gasteiger partial charge in [-0.05, 0) is 49.2 Å². The van der Waals surface area contributed by atoms with E-state index in [4.69, 9.17) is 0 Å². The largest absolute Gasteiger partial charge is 0.390 e. The van der Waals surface area contributed by atoms with Gasteiger partial charge in [0.1, 0.15) is 0 Å². The first-order chi connectivity index (χ1) is 11.7. The van der Waals surface area contributed by atoms with Crippen molar-refractivity contribution >= 4 is 5.91 Å². The van der Waals surface area contributed by atoms with Crippen LogP contribution in [-0.2, 0) is 5.41 Å². The van der Waals surface area contributed by atoms with E-state index in [1.54, 1.807) is 24.5 Å². The summed E-state index contributed by atoms with van der Waals surface area (Å²) in [5.74, 6) is -0.178. The Morgan fingerprint density at radius 2 is 1.88 bits per heavy atom. The van der Waals surface area contributed by atoms with Gasteiger partial charge in [0.15, 0.2) is 0 Å². The molecule has 2 atom stereocenters. The minimum atomic E-state index is -0.609. The third kappa shape index (κ3) is 2.32. The highest BCUT2D eigenvalue weighted by Gasteiger charge is 2.52. The molecule has 5 heteroatoms. The Balaban J connectivity index is 1.68. The molecule has 1 aromatic carbocycles. The molecule has 1 spiro atoms. The quantitative estimate of drug-likeness (QED) is 0.784. The third-order valence-corrected chi connectivity index (χ3v) is 5.44. The third-order valence-electron chi connectivity index (χ3n) is 5.44. The van der Waals surface area contributed by atoms with Crippen LogP contribution in [0.1, 0.15) is 40.4 Å². The number of pyridine rings is 1. The molecule has 124 valence electrons. The van der Waals surface area contributed by atoms with E-state index < -0.39 is 6.10 Å². The molecule has 1 aliphatic carbocycles. The summed E-state index contributed by atoms with van der Waals surface area (Å²) in [4.78, 5) is 16.5. The van der Waals surface area contributed by atoms with Crippen molar-refractivity contribution in [2.45, 2.75) is 30.4 Å². The number of nitrogens with one attached hydrogen (secondary N) is 2. The van der Waals surface area contributed by atoms with E-state index >= 15 is 0 Å². The molecule has 1 aromatic heterocycles. The number of aromatic nitrogens is 1. The van der Waals surface area contributed by atoms with E-state index in [-0.39, 0.29) is 17.4 Å². The fourth-order valence-corrected chi connectivity index (χ4v) is 4.19. The molecule has 1 fully saturated rings. The van der Waals surface area contributed by atoms with Crippen LogP contribution in [-0.4, -0.2) is 35.2 Å². The average Bonchev–Trinajstić information content (AvgIpc) is 2.86.